The van der Waals surface area contributed by atoms with Crippen LogP contribution in [0.3, 0.4) is 0 Å². The molecule has 2 nitrogen and oxygen atoms in total. The van der Waals surface area contributed by atoms with E-state index in [9.17, 15) is 0 Å². The van der Waals surface area contributed by atoms with Crippen LogP contribution in [0.25, 0.3) is 76.5 Å². The number of nitrogens with zero attached hydrogens (tertiary/aromatic N) is 2. The zero-order chi connectivity index (χ0) is 46.1. The van der Waals surface area contributed by atoms with E-state index in [-0.39, 0.29) is 0 Å². The first-order valence-corrected chi connectivity index (χ1v) is 24.8. The van der Waals surface area contributed by atoms with E-state index in [0.29, 0.717) is 0 Å². The molecule has 330 valence electrons. The maximum atomic E-state index is 2.52. The maximum Gasteiger partial charge on any atom is 0.0493 e. The highest BCUT2D eigenvalue weighted by Crippen LogP contribution is 2.51. The van der Waals surface area contributed by atoms with Gasteiger partial charge < -0.3 is 9.80 Å². The molecular weight excluding hydrogens is 845 g/mol. The predicted molar refractivity (Wildman–Crippen MR) is 297 cm³/mol. The number of aryl methyl sites for hydroxylation is 4. The molecule has 2 heteroatoms. The van der Waals surface area contributed by atoms with Gasteiger partial charge in [0.1, 0.15) is 0 Å². The lowest BCUT2D eigenvalue weighted by Crippen LogP contribution is -2.12. The van der Waals surface area contributed by atoms with Gasteiger partial charge in [0.2, 0.25) is 0 Å². The van der Waals surface area contributed by atoms with Crippen molar-refractivity contribution in [3.8, 4) is 33.4 Å². The first kappa shape index (κ1) is 40.4. The van der Waals surface area contributed by atoms with Crippen LogP contribution >= 0.6 is 0 Å². The summed E-state index contributed by atoms with van der Waals surface area (Å²) in [6.07, 6.45) is 3.98. The highest BCUT2D eigenvalue weighted by molar-refractivity contribution is 6.25. The van der Waals surface area contributed by atoms with Crippen molar-refractivity contribution in [1.82, 2.24) is 0 Å². The van der Waals surface area contributed by atoms with Gasteiger partial charge in [0, 0.05) is 34.1 Å². The summed E-state index contributed by atoms with van der Waals surface area (Å²) in [5.74, 6) is 0. The van der Waals surface area contributed by atoms with Gasteiger partial charge in [-0.1, -0.05) is 194 Å². The average Bonchev–Trinajstić information content (AvgIpc) is 3.70. The summed E-state index contributed by atoms with van der Waals surface area (Å²) in [6, 6.07) is 91.0. The van der Waals surface area contributed by atoms with Crippen molar-refractivity contribution in [3.63, 3.8) is 0 Å². The smallest absolute Gasteiger partial charge is 0.0493 e. The van der Waals surface area contributed by atoms with Crippen LogP contribution in [0.2, 0.25) is 0 Å². The molecule has 12 aromatic carbocycles. The molecule has 0 amide bonds. The molecule has 0 unspecified atom stereocenters. The van der Waals surface area contributed by atoms with Gasteiger partial charge in [-0.25, -0.2) is 0 Å². The van der Waals surface area contributed by atoms with Crippen molar-refractivity contribution in [1.29, 1.82) is 0 Å². The van der Waals surface area contributed by atoms with E-state index in [1.54, 1.807) is 0 Å². The van der Waals surface area contributed by atoms with Crippen LogP contribution in [0.5, 0.6) is 0 Å². The minimum Gasteiger partial charge on any atom is -0.310 e. The maximum absolute atomic E-state index is 2.52. The van der Waals surface area contributed by atoms with Gasteiger partial charge in [-0.2, -0.15) is 0 Å². The number of benzene rings is 12. The molecule has 0 N–H and O–H groups in total. The zero-order valence-electron chi connectivity index (χ0n) is 38.8. The largest absolute Gasteiger partial charge is 0.310 e. The Kier molecular flexibility index (Phi) is 9.52. The van der Waals surface area contributed by atoms with Gasteiger partial charge in [0.05, 0.1) is 0 Å². The topological polar surface area (TPSA) is 6.48 Å². The summed E-state index contributed by atoms with van der Waals surface area (Å²) in [7, 11) is 0. The molecule has 2 aliphatic heterocycles. The normalized spacial score (nSPS) is 13.1. The molecule has 70 heavy (non-hydrogen) atoms. The molecule has 12 aromatic rings. The molecule has 0 atom stereocenters. The Bertz CT molecular complexity index is 3930. The van der Waals surface area contributed by atoms with Crippen molar-refractivity contribution in [2.24, 2.45) is 0 Å². The van der Waals surface area contributed by atoms with E-state index in [4.69, 9.17) is 0 Å². The van der Waals surface area contributed by atoms with E-state index in [1.807, 2.05) is 0 Å². The fourth-order valence-corrected chi connectivity index (χ4v) is 11.9. The van der Waals surface area contributed by atoms with Crippen LogP contribution < -0.4 is 9.80 Å². The first-order valence-electron chi connectivity index (χ1n) is 24.8. The third-order valence-electron chi connectivity index (χ3n) is 15.2. The van der Waals surface area contributed by atoms with Crippen molar-refractivity contribution in [3.05, 3.63) is 265 Å². The molecule has 0 aromatic heterocycles. The van der Waals surface area contributed by atoms with Crippen molar-refractivity contribution in [2.45, 2.75) is 25.7 Å². The minimum absolute atomic E-state index is 0.996. The lowest BCUT2D eigenvalue weighted by atomic mass is 9.84. The van der Waals surface area contributed by atoms with Crippen molar-refractivity contribution < 1.29 is 0 Å². The zero-order valence-corrected chi connectivity index (χ0v) is 38.8. The lowest BCUT2D eigenvalue weighted by molar-refractivity contribution is 0.977. The number of hydrogen-bond acceptors (Lipinski definition) is 2. The van der Waals surface area contributed by atoms with Crippen molar-refractivity contribution >= 4 is 77.2 Å². The van der Waals surface area contributed by atoms with Gasteiger partial charge in [0.15, 0.2) is 0 Å². The van der Waals surface area contributed by atoms with Crippen LogP contribution in [0.4, 0.5) is 34.1 Å². The summed E-state index contributed by atoms with van der Waals surface area (Å²) >= 11 is 0. The van der Waals surface area contributed by atoms with Crippen molar-refractivity contribution in [2.75, 3.05) is 9.80 Å². The Morgan fingerprint density at radius 3 is 1.11 bits per heavy atom. The van der Waals surface area contributed by atoms with Crippen LogP contribution in [-0.4, -0.2) is 0 Å². The van der Waals surface area contributed by atoms with Gasteiger partial charge in [-0.05, 0) is 173 Å². The summed E-state index contributed by atoms with van der Waals surface area (Å²) in [5, 5.41) is 9.90. The van der Waals surface area contributed by atoms with Gasteiger partial charge >= 0.3 is 0 Å². The van der Waals surface area contributed by atoms with Gasteiger partial charge in [-0.3, -0.25) is 0 Å². The summed E-state index contributed by atoms with van der Waals surface area (Å²) in [5.41, 5.74) is 20.1. The first-order chi connectivity index (χ1) is 34.7. The van der Waals surface area contributed by atoms with Crippen LogP contribution in [0.1, 0.15) is 22.3 Å². The Balaban J connectivity index is 1.09. The molecule has 0 saturated carbocycles. The number of hydrogen-bond donors (Lipinski definition) is 0. The monoisotopic (exact) mass is 892 g/mol. The van der Waals surface area contributed by atoms with E-state index in [1.165, 1.54) is 121 Å². The van der Waals surface area contributed by atoms with Crippen LogP contribution in [0.15, 0.2) is 243 Å². The third-order valence-corrected chi connectivity index (χ3v) is 15.2. The van der Waals surface area contributed by atoms with Gasteiger partial charge in [-0.15, -0.1) is 0 Å². The van der Waals surface area contributed by atoms with E-state index in [2.05, 4.69) is 252 Å². The molecule has 14 rings (SSSR count). The average molecular weight is 893 g/mol. The Morgan fingerprint density at radius 2 is 0.614 bits per heavy atom. The summed E-state index contributed by atoms with van der Waals surface area (Å²) < 4.78 is 0. The molecular formula is C68H48N2. The fraction of sp³-hybridized carbons (Fsp3) is 0.0588. The predicted octanol–water partition coefficient (Wildman–Crippen LogP) is 18.4. The third kappa shape index (κ3) is 6.55. The Labute approximate surface area is 409 Å². The summed E-state index contributed by atoms with van der Waals surface area (Å²) in [4.78, 5) is 5.04. The Hall–Kier alpha value is -8.72. The fourth-order valence-electron chi connectivity index (χ4n) is 11.9. The highest BCUT2D eigenvalue weighted by Gasteiger charge is 2.27. The van der Waals surface area contributed by atoms with E-state index >= 15 is 0 Å². The number of rotatable bonds is 5. The molecule has 0 bridgehead atoms. The quantitative estimate of drug-likeness (QED) is 0.159. The minimum atomic E-state index is 0.996. The van der Waals surface area contributed by atoms with Crippen LogP contribution in [0, 0.1) is 0 Å². The molecule has 0 aliphatic carbocycles. The molecule has 0 radical (unpaired) electrons. The Morgan fingerprint density at radius 1 is 0.243 bits per heavy atom. The highest BCUT2D eigenvalue weighted by atomic mass is 15.2. The molecule has 0 fully saturated rings. The molecule has 2 heterocycles. The van der Waals surface area contributed by atoms with Crippen LogP contribution in [-0.2, 0) is 25.7 Å². The lowest BCUT2D eigenvalue weighted by Gasteiger charge is -2.29. The molecule has 0 saturated heterocycles. The number of para-hydroxylation sites is 4. The summed E-state index contributed by atoms with van der Waals surface area (Å²) in [6.45, 7) is 0. The number of anilines is 6. The number of fused-ring (bicyclic) bond motifs is 8. The standard InChI is InChI=1S/C68H48N2/c1-7-23-55-45(15-1)21-13-25-56(55)47-31-37-52(38-32-47)67-59-41-39-54(70-65-29-11-5-19-50(65)35-36-51-20-6-12-30-66(51)70)44-62(59)68(58-26-14-22-46-16-2-8-24-57(46)58)60-42-40-53(43-61(60)67)69-63-27-9-3-17-48(63)33-34-49-18-4-10-28-64(49)69/h1-32,37-44H,33-36H2. The second-order valence-electron chi connectivity index (χ2n) is 19.0. The SMILES string of the molecule is c1ccc2c(c1)CCc1ccccc1N2c1ccc2c(-c3cccc4ccccc34)c3cc(N4c5ccccc5CCc5ccccc54)ccc3c(-c3ccc(-c4cccc5ccccc45)cc3)c2c1. The molecule has 2 aliphatic rings. The second kappa shape index (κ2) is 16.5. The van der Waals surface area contributed by atoms with E-state index < -0.39 is 0 Å². The second-order valence-corrected chi connectivity index (χ2v) is 19.0. The molecule has 0 spiro atoms. The van der Waals surface area contributed by atoms with Gasteiger partial charge in [0.25, 0.3) is 0 Å². The van der Waals surface area contributed by atoms with E-state index in [0.717, 1.165) is 37.1 Å².